The Balaban J connectivity index is 1.58. The molecule has 1 unspecified atom stereocenters. The van der Waals surface area contributed by atoms with E-state index in [1.165, 1.54) is 0 Å². The third-order valence-electron chi connectivity index (χ3n) is 7.55. The van der Waals surface area contributed by atoms with Crippen LogP contribution in [0, 0.1) is 12.3 Å². The van der Waals surface area contributed by atoms with Gasteiger partial charge in [-0.2, -0.15) is 0 Å². The van der Waals surface area contributed by atoms with Gasteiger partial charge in [-0.05, 0) is 54.7 Å². The van der Waals surface area contributed by atoms with Crippen molar-refractivity contribution < 1.29 is 9.13 Å². The molecule has 0 amide bonds. The number of hydrogen-bond acceptors (Lipinski definition) is 3. The van der Waals surface area contributed by atoms with E-state index in [0.29, 0.717) is 0 Å². The second-order valence-electron chi connectivity index (χ2n) is 10.0. The molecule has 0 radical (unpaired) electrons. The van der Waals surface area contributed by atoms with Crippen LogP contribution in [0.3, 0.4) is 0 Å². The molecule has 0 aliphatic carbocycles. The maximum atomic E-state index is 15.1. The summed E-state index contributed by atoms with van der Waals surface area (Å²) < 4.78 is 32.3. The van der Waals surface area contributed by atoms with Crippen molar-refractivity contribution in [1.82, 2.24) is 0 Å². The summed E-state index contributed by atoms with van der Waals surface area (Å²) in [5.41, 5.74) is 0. The van der Waals surface area contributed by atoms with Crippen LogP contribution in [0.4, 0.5) is 0 Å². The molecule has 2 nitrogen and oxygen atoms in total. The first-order valence-corrected chi connectivity index (χ1v) is 17.8. The molecule has 0 spiro atoms. The van der Waals surface area contributed by atoms with Gasteiger partial charge in [0.25, 0.3) is 0 Å². The maximum Gasteiger partial charge on any atom is 0.171 e. The van der Waals surface area contributed by atoms with Crippen molar-refractivity contribution in [3.63, 3.8) is 0 Å². The number of rotatable bonds is 7. The zero-order valence-electron chi connectivity index (χ0n) is 23.1. The van der Waals surface area contributed by atoms with E-state index < -0.39 is 14.3 Å². The van der Waals surface area contributed by atoms with E-state index in [9.17, 15) is 0 Å². The van der Waals surface area contributed by atoms with Crippen molar-refractivity contribution in [3.05, 3.63) is 151 Å². The summed E-state index contributed by atoms with van der Waals surface area (Å²) in [5.74, 6) is 2.50. The highest BCUT2D eigenvalue weighted by atomic mass is 32.1. The summed E-state index contributed by atoms with van der Waals surface area (Å²) in [6, 6.07) is 41.3. The summed E-state index contributed by atoms with van der Waals surface area (Å²) in [6.07, 6.45) is 10.6. The van der Waals surface area contributed by atoms with Crippen molar-refractivity contribution in [2.24, 2.45) is 0 Å². The number of terminal acetylenes is 1. The van der Waals surface area contributed by atoms with Crippen molar-refractivity contribution in [3.8, 4) is 12.3 Å². The largest absolute Gasteiger partial charge is 0.309 e. The number of hydrogen-bond donors (Lipinski definition) is 0. The van der Waals surface area contributed by atoms with Crippen LogP contribution >= 0.6 is 25.6 Å². The van der Waals surface area contributed by atoms with Crippen molar-refractivity contribution in [2.75, 3.05) is 0 Å². The van der Waals surface area contributed by atoms with E-state index in [1.807, 2.05) is 116 Å². The SMILES string of the molecule is C#C/C=C\C=C(/C)P(=O)(c1ccccc1)c1ccc2sc3ccc(P(=O)(c4ccccc4)c4ccccc4)cc3c2c1. The molecule has 6 rings (SSSR count). The molecule has 1 heterocycles. The van der Waals surface area contributed by atoms with Gasteiger partial charge in [-0.15, -0.1) is 17.8 Å². The van der Waals surface area contributed by atoms with Gasteiger partial charge in [0.1, 0.15) is 0 Å². The smallest absolute Gasteiger partial charge is 0.171 e. The zero-order valence-corrected chi connectivity index (χ0v) is 25.7. The van der Waals surface area contributed by atoms with Gasteiger partial charge in [-0.25, -0.2) is 0 Å². The van der Waals surface area contributed by atoms with Crippen molar-refractivity contribution in [1.29, 1.82) is 0 Å². The van der Waals surface area contributed by atoms with Gasteiger partial charge in [0.05, 0.1) is 0 Å². The standard InChI is InChI=1S/C37H28O2P2S/c1-3-4-8-15-28(2)40(38,29-16-9-5-10-17-29)32-22-24-36-34(26-32)35-27-33(23-25-37(35)42-36)41(39,30-18-11-6-12-19-30)31-20-13-7-14-21-31/h1,4-27H,2H3/b8-4-,28-15+. The Hall–Kier alpha value is -4.18. The number of allylic oxidation sites excluding steroid dienone is 4. The Morgan fingerprint density at radius 2 is 1.12 bits per heavy atom. The van der Waals surface area contributed by atoms with Gasteiger partial charge in [0.15, 0.2) is 14.3 Å². The Morgan fingerprint density at radius 3 is 1.64 bits per heavy atom. The molecule has 0 N–H and O–H groups in total. The monoisotopic (exact) mass is 598 g/mol. The Labute approximate surface area is 250 Å². The number of thiophene rings is 1. The first-order chi connectivity index (χ1) is 20.5. The molecule has 42 heavy (non-hydrogen) atoms. The first-order valence-electron chi connectivity index (χ1n) is 13.6. The highest BCUT2D eigenvalue weighted by Gasteiger charge is 2.31. The fourth-order valence-corrected chi connectivity index (χ4v) is 11.7. The Kier molecular flexibility index (Phi) is 7.72. The highest BCUT2D eigenvalue weighted by Crippen LogP contribution is 2.52. The van der Waals surface area contributed by atoms with E-state index >= 15 is 9.13 Å². The molecular weight excluding hydrogens is 570 g/mol. The van der Waals surface area contributed by atoms with Gasteiger partial charge in [0, 0.05) is 46.7 Å². The van der Waals surface area contributed by atoms with E-state index in [-0.39, 0.29) is 0 Å². The minimum Gasteiger partial charge on any atom is -0.309 e. The molecule has 5 heteroatoms. The van der Waals surface area contributed by atoms with E-state index in [0.717, 1.165) is 52.0 Å². The summed E-state index contributed by atoms with van der Waals surface area (Å²) in [5, 5.41) is 6.65. The molecule has 0 saturated heterocycles. The predicted molar refractivity (Wildman–Crippen MR) is 184 cm³/mol. The average molecular weight is 599 g/mol. The Morgan fingerprint density at radius 1 is 0.643 bits per heavy atom. The Bertz CT molecular complexity index is 2060. The molecule has 0 bridgehead atoms. The summed E-state index contributed by atoms with van der Waals surface area (Å²) in [4.78, 5) is 0. The van der Waals surface area contributed by atoms with Crippen LogP contribution in [-0.2, 0) is 9.13 Å². The van der Waals surface area contributed by atoms with E-state index in [2.05, 4.69) is 30.2 Å². The van der Waals surface area contributed by atoms with Crippen molar-refractivity contribution in [2.45, 2.75) is 6.92 Å². The molecule has 1 atom stereocenters. The van der Waals surface area contributed by atoms with E-state index in [1.54, 1.807) is 23.5 Å². The maximum absolute atomic E-state index is 15.1. The van der Waals surface area contributed by atoms with Crippen LogP contribution in [0.25, 0.3) is 20.2 Å². The topological polar surface area (TPSA) is 34.1 Å². The second-order valence-corrected chi connectivity index (χ2v) is 16.8. The fraction of sp³-hybridized carbons (Fsp3) is 0.0270. The lowest BCUT2D eigenvalue weighted by Gasteiger charge is -2.21. The van der Waals surface area contributed by atoms with Crippen LogP contribution in [0.5, 0.6) is 0 Å². The van der Waals surface area contributed by atoms with Gasteiger partial charge >= 0.3 is 0 Å². The van der Waals surface area contributed by atoms with Crippen molar-refractivity contribution >= 4 is 72.3 Å². The quantitative estimate of drug-likeness (QED) is 0.106. The molecule has 0 aliphatic heterocycles. The number of fused-ring (bicyclic) bond motifs is 3. The molecule has 0 aliphatic rings. The minimum atomic E-state index is -3.16. The molecule has 0 fully saturated rings. The van der Waals surface area contributed by atoms with Gasteiger partial charge in [0.2, 0.25) is 0 Å². The van der Waals surface area contributed by atoms with Crippen LogP contribution in [0.2, 0.25) is 0 Å². The summed E-state index contributed by atoms with van der Waals surface area (Å²) in [6.45, 7) is 1.90. The lowest BCUT2D eigenvalue weighted by molar-refractivity contribution is 0.590. The molecular formula is C37H28O2P2S. The fourth-order valence-electron chi connectivity index (χ4n) is 5.41. The lowest BCUT2D eigenvalue weighted by Crippen LogP contribution is -2.24. The molecule has 5 aromatic carbocycles. The van der Waals surface area contributed by atoms with Crippen LogP contribution in [0.1, 0.15) is 6.92 Å². The predicted octanol–water partition coefficient (Wildman–Crippen LogP) is 8.10. The lowest BCUT2D eigenvalue weighted by atomic mass is 10.1. The zero-order chi connectivity index (χ0) is 29.2. The average Bonchev–Trinajstić information content (AvgIpc) is 3.42. The summed E-state index contributed by atoms with van der Waals surface area (Å²) in [7, 11) is -6.30. The summed E-state index contributed by atoms with van der Waals surface area (Å²) >= 11 is 1.69. The van der Waals surface area contributed by atoms with Crippen LogP contribution in [-0.4, -0.2) is 0 Å². The molecule has 204 valence electrons. The molecule has 6 aromatic rings. The third kappa shape index (κ3) is 4.83. The van der Waals surface area contributed by atoms with Crippen LogP contribution < -0.4 is 26.5 Å². The second kappa shape index (κ2) is 11.6. The highest BCUT2D eigenvalue weighted by molar-refractivity contribution is 7.85. The third-order valence-corrected chi connectivity index (χ3v) is 14.9. The normalized spacial score (nSPS) is 13.8. The molecule has 0 saturated carbocycles. The number of benzene rings is 5. The molecule has 1 aromatic heterocycles. The van der Waals surface area contributed by atoms with Crippen LogP contribution in [0.15, 0.2) is 151 Å². The minimum absolute atomic E-state index is 0.748. The van der Waals surface area contributed by atoms with Gasteiger partial charge in [-0.1, -0.05) is 109 Å². The van der Waals surface area contributed by atoms with E-state index in [4.69, 9.17) is 6.42 Å². The van der Waals surface area contributed by atoms with Gasteiger partial charge < -0.3 is 9.13 Å². The first kappa shape index (κ1) is 28.0. The van der Waals surface area contributed by atoms with Gasteiger partial charge in [-0.3, -0.25) is 0 Å².